The zero-order valence-corrected chi connectivity index (χ0v) is 22.3. The Morgan fingerprint density at radius 3 is 2.29 bits per heavy atom. The second-order valence-electron chi connectivity index (χ2n) is 11.0. The summed E-state index contributed by atoms with van der Waals surface area (Å²) >= 11 is 0. The Labute approximate surface area is 205 Å². The number of benzene rings is 1. The van der Waals surface area contributed by atoms with Crippen LogP contribution in [0.2, 0.25) is 0 Å². The number of hydrogen-bond donors (Lipinski definition) is 0. The molecule has 3 aliphatic rings. The Kier molecular flexibility index (Phi) is 7.48. The standard InChI is InChI=1S/C28H41O5P/c1-6-31-34(30,32-7-2)28(19-21-14-15-23(28)18-21)26(29)33-25-17-20(3)13-16-24(25)27(4,5)22-11-9-8-10-12-22/h8-12,14-15,20-21,23-25H,6-7,13,16-19H2,1-5H3/t20-,21-,23+,24-,25-,28+/m1/s1. The molecule has 0 radical (unpaired) electrons. The summed E-state index contributed by atoms with van der Waals surface area (Å²) in [7, 11) is -3.72. The van der Waals surface area contributed by atoms with Crippen LogP contribution in [0.3, 0.4) is 0 Å². The molecule has 0 saturated heterocycles. The molecule has 6 heteroatoms. The van der Waals surface area contributed by atoms with Crippen LogP contribution >= 0.6 is 7.60 Å². The molecule has 0 spiro atoms. The molecule has 34 heavy (non-hydrogen) atoms. The Morgan fingerprint density at radius 1 is 1.06 bits per heavy atom. The van der Waals surface area contributed by atoms with E-state index in [4.69, 9.17) is 13.8 Å². The average molecular weight is 489 g/mol. The molecule has 2 fully saturated rings. The van der Waals surface area contributed by atoms with Gasteiger partial charge in [-0.3, -0.25) is 9.36 Å². The molecule has 4 rings (SSSR count). The van der Waals surface area contributed by atoms with Gasteiger partial charge >= 0.3 is 13.6 Å². The highest BCUT2D eigenvalue weighted by Crippen LogP contribution is 2.71. The fourth-order valence-electron chi connectivity index (χ4n) is 6.71. The van der Waals surface area contributed by atoms with Gasteiger partial charge in [-0.15, -0.1) is 0 Å². The van der Waals surface area contributed by atoms with Crippen molar-refractivity contribution in [2.45, 2.75) is 83.4 Å². The Morgan fingerprint density at radius 2 is 1.74 bits per heavy atom. The predicted octanol–water partition coefficient (Wildman–Crippen LogP) is 6.91. The summed E-state index contributed by atoms with van der Waals surface area (Å²) in [5.41, 5.74) is 1.10. The maximum Gasteiger partial charge on any atom is 0.348 e. The van der Waals surface area contributed by atoms with Crippen molar-refractivity contribution in [3.05, 3.63) is 48.0 Å². The second kappa shape index (κ2) is 9.91. The molecule has 2 bridgehead atoms. The summed E-state index contributed by atoms with van der Waals surface area (Å²) < 4.78 is 32.3. The van der Waals surface area contributed by atoms with Crippen molar-refractivity contribution >= 4 is 13.6 Å². The molecule has 0 heterocycles. The zero-order chi connectivity index (χ0) is 24.6. The number of ether oxygens (including phenoxy) is 1. The Bertz CT molecular complexity index is 931. The van der Waals surface area contributed by atoms with Crippen LogP contribution in [0.25, 0.3) is 0 Å². The number of allylic oxidation sites excluding steroid dienone is 2. The van der Waals surface area contributed by atoms with Crippen molar-refractivity contribution in [2.75, 3.05) is 13.2 Å². The third-order valence-electron chi connectivity index (χ3n) is 8.56. The minimum Gasteiger partial charge on any atom is -0.461 e. The minimum atomic E-state index is -3.72. The first-order chi connectivity index (χ1) is 16.2. The van der Waals surface area contributed by atoms with E-state index in [1.165, 1.54) is 5.56 Å². The molecule has 0 aromatic heterocycles. The van der Waals surface area contributed by atoms with Gasteiger partial charge in [0.15, 0.2) is 5.16 Å². The topological polar surface area (TPSA) is 61.8 Å². The molecule has 0 unspecified atom stereocenters. The molecular formula is C28H41O5P. The summed E-state index contributed by atoms with van der Waals surface area (Å²) in [4.78, 5) is 14.1. The molecule has 1 aromatic rings. The van der Waals surface area contributed by atoms with Gasteiger partial charge < -0.3 is 13.8 Å². The van der Waals surface area contributed by atoms with E-state index in [1.807, 2.05) is 12.1 Å². The van der Waals surface area contributed by atoms with E-state index in [0.717, 1.165) is 25.7 Å². The van der Waals surface area contributed by atoms with Gasteiger partial charge in [-0.25, -0.2) is 0 Å². The molecule has 5 nitrogen and oxygen atoms in total. The van der Waals surface area contributed by atoms with Crippen LogP contribution in [0.1, 0.15) is 72.3 Å². The average Bonchev–Trinajstić information content (AvgIpc) is 3.42. The van der Waals surface area contributed by atoms with Crippen molar-refractivity contribution in [1.29, 1.82) is 0 Å². The maximum atomic E-state index is 14.2. The highest BCUT2D eigenvalue weighted by molar-refractivity contribution is 7.56. The Balaban J connectivity index is 1.67. The summed E-state index contributed by atoms with van der Waals surface area (Å²) in [5.74, 6) is 0.314. The van der Waals surface area contributed by atoms with Gasteiger partial charge in [0.1, 0.15) is 6.10 Å². The van der Waals surface area contributed by atoms with Gasteiger partial charge in [0.25, 0.3) is 0 Å². The van der Waals surface area contributed by atoms with Crippen molar-refractivity contribution in [3.63, 3.8) is 0 Å². The van der Waals surface area contributed by atoms with Crippen LogP contribution in [0, 0.1) is 23.7 Å². The molecular weight excluding hydrogens is 447 g/mol. The number of fused-ring (bicyclic) bond motifs is 2. The van der Waals surface area contributed by atoms with Crippen molar-refractivity contribution in [1.82, 2.24) is 0 Å². The van der Waals surface area contributed by atoms with Crippen LogP contribution in [-0.2, 0) is 28.6 Å². The fourth-order valence-corrected chi connectivity index (χ4v) is 9.25. The summed E-state index contributed by atoms with van der Waals surface area (Å²) in [6, 6.07) is 10.5. The van der Waals surface area contributed by atoms with E-state index in [9.17, 15) is 9.36 Å². The van der Waals surface area contributed by atoms with Crippen LogP contribution in [-0.4, -0.2) is 30.4 Å². The first kappa shape index (κ1) is 25.7. The first-order valence-corrected chi connectivity index (χ1v) is 14.6. The van der Waals surface area contributed by atoms with E-state index in [-0.39, 0.29) is 48.5 Å². The third kappa shape index (κ3) is 4.33. The van der Waals surface area contributed by atoms with Crippen molar-refractivity contribution in [2.24, 2.45) is 23.7 Å². The van der Waals surface area contributed by atoms with E-state index >= 15 is 0 Å². The number of esters is 1. The van der Waals surface area contributed by atoms with Gasteiger partial charge in [0, 0.05) is 11.8 Å². The first-order valence-electron chi connectivity index (χ1n) is 13.0. The molecule has 6 atom stereocenters. The number of carbonyl (C=O) groups is 1. The summed E-state index contributed by atoms with van der Waals surface area (Å²) in [5, 5.41) is -1.25. The molecule has 188 valence electrons. The van der Waals surface area contributed by atoms with E-state index in [1.54, 1.807) is 13.8 Å². The molecule has 2 saturated carbocycles. The van der Waals surface area contributed by atoms with Crippen LogP contribution < -0.4 is 0 Å². The number of carbonyl (C=O) groups excluding carboxylic acids is 1. The monoisotopic (exact) mass is 488 g/mol. The van der Waals surface area contributed by atoms with Gasteiger partial charge in [0.2, 0.25) is 0 Å². The summed E-state index contributed by atoms with van der Waals surface area (Å²) in [6.07, 6.45) is 8.15. The van der Waals surface area contributed by atoms with Gasteiger partial charge in [-0.2, -0.15) is 0 Å². The predicted molar refractivity (Wildman–Crippen MR) is 135 cm³/mol. The largest absolute Gasteiger partial charge is 0.461 e. The molecule has 3 aliphatic carbocycles. The SMILES string of the molecule is CCOP(=O)(OCC)[C@@]1(C(=O)O[C@@H]2C[C@H](C)CC[C@H]2C(C)(C)c2ccccc2)C[C@@H]2C=C[C@H]1C2. The van der Waals surface area contributed by atoms with E-state index in [0.29, 0.717) is 12.3 Å². The lowest BCUT2D eigenvalue weighted by atomic mass is 9.64. The lowest BCUT2D eigenvalue weighted by molar-refractivity contribution is -0.161. The summed E-state index contributed by atoms with van der Waals surface area (Å²) in [6.45, 7) is 10.8. The molecule has 0 aliphatic heterocycles. The molecule has 0 N–H and O–H groups in total. The highest BCUT2D eigenvalue weighted by Gasteiger charge is 2.67. The van der Waals surface area contributed by atoms with E-state index in [2.05, 4.69) is 51.1 Å². The van der Waals surface area contributed by atoms with E-state index < -0.39 is 12.8 Å². The van der Waals surface area contributed by atoms with Crippen LogP contribution in [0.5, 0.6) is 0 Å². The number of rotatable bonds is 9. The molecule has 1 aromatic carbocycles. The minimum absolute atomic E-state index is 0.155. The second-order valence-corrected chi connectivity index (χ2v) is 13.3. The normalized spacial score (nSPS) is 33.3. The van der Waals surface area contributed by atoms with Crippen LogP contribution in [0.4, 0.5) is 0 Å². The smallest absolute Gasteiger partial charge is 0.348 e. The van der Waals surface area contributed by atoms with Crippen molar-refractivity contribution in [3.8, 4) is 0 Å². The fraction of sp³-hybridized carbons (Fsp3) is 0.679. The number of hydrogen-bond acceptors (Lipinski definition) is 5. The third-order valence-corrected chi connectivity index (χ3v) is 11.4. The van der Waals surface area contributed by atoms with Gasteiger partial charge in [-0.05, 0) is 62.3 Å². The lowest BCUT2D eigenvalue weighted by Crippen LogP contribution is -2.50. The van der Waals surface area contributed by atoms with Crippen LogP contribution in [0.15, 0.2) is 42.5 Å². The zero-order valence-electron chi connectivity index (χ0n) is 21.4. The Hall–Kier alpha value is -1.42. The molecule has 0 amide bonds. The highest BCUT2D eigenvalue weighted by atomic mass is 31.2. The lowest BCUT2D eigenvalue weighted by Gasteiger charge is -2.46. The van der Waals surface area contributed by atoms with Gasteiger partial charge in [0.05, 0.1) is 13.2 Å². The quantitative estimate of drug-likeness (QED) is 0.215. The maximum absolute atomic E-state index is 14.2. The van der Waals surface area contributed by atoms with Crippen molar-refractivity contribution < 1.29 is 23.1 Å². The van der Waals surface area contributed by atoms with Gasteiger partial charge in [-0.1, -0.05) is 69.7 Å².